The second-order valence-corrected chi connectivity index (χ2v) is 4.73. The normalized spacial score (nSPS) is 12.1. The molecule has 0 heterocycles. The van der Waals surface area contributed by atoms with Gasteiger partial charge in [0.15, 0.2) is 0 Å². The van der Waals surface area contributed by atoms with Crippen molar-refractivity contribution in [3.63, 3.8) is 0 Å². The van der Waals surface area contributed by atoms with E-state index in [2.05, 4.69) is 0 Å². The third-order valence-corrected chi connectivity index (χ3v) is 3.20. The second kappa shape index (κ2) is 6.32. The van der Waals surface area contributed by atoms with Crippen molar-refractivity contribution in [3.8, 4) is 0 Å². The molecule has 0 aliphatic carbocycles. The third kappa shape index (κ3) is 3.44. The van der Waals surface area contributed by atoms with E-state index in [1.54, 1.807) is 24.3 Å². The van der Waals surface area contributed by atoms with Gasteiger partial charge in [0, 0.05) is 6.54 Å². The summed E-state index contributed by atoms with van der Waals surface area (Å²) >= 11 is 0. The van der Waals surface area contributed by atoms with Gasteiger partial charge in [0.25, 0.3) is 0 Å². The molecule has 0 bridgehead atoms. The molecule has 0 fully saturated rings. The number of aliphatic hydroxyl groups excluding tert-OH is 1. The van der Waals surface area contributed by atoms with Gasteiger partial charge in [-0.05, 0) is 22.3 Å². The summed E-state index contributed by atoms with van der Waals surface area (Å²) in [6.07, 6.45) is -0.480. The van der Waals surface area contributed by atoms with Gasteiger partial charge < -0.3 is 16.6 Å². The van der Waals surface area contributed by atoms with Crippen LogP contribution in [-0.2, 0) is 17.8 Å². The van der Waals surface area contributed by atoms with Crippen LogP contribution in [0.5, 0.6) is 0 Å². The van der Waals surface area contributed by atoms with E-state index in [-0.39, 0.29) is 12.3 Å². The van der Waals surface area contributed by atoms with Crippen LogP contribution in [0, 0.1) is 0 Å². The molecule has 1 unspecified atom stereocenters. The minimum atomic E-state index is -0.690. The third-order valence-electron chi connectivity index (χ3n) is 3.20. The van der Waals surface area contributed by atoms with Crippen LogP contribution in [0.4, 0.5) is 0 Å². The molecule has 0 saturated carbocycles. The zero-order valence-electron chi connectivity index (χ0n) is 11.1. The number of carbonyl (C=O) groups is 1. The number of primary amides is 1. The van der Waals surface area contributed by atoms with E-state index in [0.29, 0.717) is 6.54 Å². The van der Waals surface area contributed by atoms with Gasteiger partial charge in [-0.3, -0.25) is 4.79 Å². The van der Waals surface area contributed by atoms with Crippen molar-refractivity contribution < 1.29 is 9.90 Å². The molecule has 2 rings (SSSR count). The number of amides is 1. The summed E-state index contributed by atoms with van der Waals surface area (Å²) in [5.74, 6) is -0.365. The van der Waals surface area contributed by atoms with Gasteiger partial charge in [0.2, 0.25) is 5.91 Å². The fourth-order valence-corrected chi connectivity index (χ4v) is 2.05. The standard InChI is InChI=1S/C16H18N2O2/c17-10-12-3-7-14(8-4-12)16(20)13-5-1-11(2-6-13)9-15(18)19/h1-8,16,20H,9-10,17H2,(H2,18,19). The van der Waals surface area contributed by atoms with Gasteiger partial charge in [-0.2, -0.15) is 0 Å². The summed E-state index contributed by atoms with van der Waals surface area (Å²) in [5, 5.41) is 10.3. The first kappa shape index (κ1) is 14.2. The Morgan fingerprint density at radius 2 is 1.40 bits per heavy atom. The molecule has 5 N–H and O–H groups in total. The van der Waals surface area contributed by atoms with Gasteiger partial charge in [0.1, 0.15) is 6.10 Å². The Balaban J connectivity index is 2.15. The van der Waals surface area contributed by atoms with E-state index < -0.39 is 6.10 Å². The molecule has 2 aromatic carbocycles. The summed E-state index contributed by atoms with van der Waals surface area (Å²) in [6.45, 7) is 0.484. The maximum absolute atomic E-state index is 10.8. The van der Waals surface area contributed by atoms with E-state index in [0.717, 1.165) is 22.3 Å². The van der Waals surface area contributed by atoms with Crippen LogP contribution in [0.3, 0.4) is 0 Å². The molecule has 2 aromatic rings. The topological polar surface area (TPSA) is 89.3 Å². The molecule has 0 radical (unpaired) electrons. The Morgan fingerprint density at radius 1 is 0.950 bits per heavy atom. The number of carbonyl (C=O) groups excluding carboxylic acids is 1. The molecule has 20 heavy (non-hydrogen) atoms. The lowest BCUT2D eigenvalue weighted by atomic mass is 9.99. The molecule has 4 heteroatoms. The van der Waals surface area contributed by atoms with Gasteiger partial charge in [-0.15, -0.1) is 0 Å². The Labute approximate surface area is 118 Å². The molecule has 1 amide bonds. The minimum absolute atomic E-state index is 0.210. The molecular weight excluding hydrogens is 252 g/mol. The molecule has 1 atom stereocenters. The van der Waals surface area contributed by atoms with Crippen LogP contribution in [0.2, 0.25) is 0 Å². The number of aliphatic hydroxyl groups is 1. The van der Waals surface area contributed by atoms with E-state index in [9.17, 15) is 9.90 Å². The van der Waals surface area contributed by atoms with Crippen molar-refractivity contribution in [2.75, 3.05) is 0 Å². The Morgan fingerprint density at radius 3 is 1.80 bits per heavy atom. The Bertz CT molecular complexity index is 576. The average Bonchev–Trinajstić information content (AvgIpc) is 2.47. The van der Waals surface area contributed by atoms with Crippen LogP contribution in [0.15, 0.2) is 48.5 Å². The molecule has 0 aliphatic rings. The minimum Gasteiger partial charge on any atom is -0.384 e. The maximum Gasteiger partial charge on any atom is 0.221 e. The first-order valence-electron chi connectivity index (χ1n) is 6.44. The summed E-state index contributed by atoms with van der Waals surface area (Å²) in [4.78, 5) is 10.8. The van der Waals surface area contributed by atoms with E-state index in [1.807, 2.05) is 24.3 Å². The summed E-state index contributed by atoms with van der Waals surface area (Å²) in [6, 6.07) is 14.8. The predicted molar refractivity (Wildman–Crippen MR) is 77.7 cm³/mol. The fourth-order valence-electron chi connectivity index (χ4n) is 2.05. The van der Waals surface area contributed by atoms with Crippen molar-refractivity contribution in [1.82, 2.24) is 0 Å². The summed E-state index contributed by atoms with van der Waals surface area (Å²) < 4.78 is 0. The van der Waals surface area contributed by atoms with Gasteiger partial charge in [0.05, 0.1) is 6.42 Å². The van der Waals surface area contributed by atoms with E-state index in [4.69, 9.17) is 11.5 Å². The fraction of sp³-hybridized carbons (Fsp3) is 0.188. The lowest BCUT2D eigenvalue weighted by Gasteiger charge is -2.12. The number of nitrogens with two attached hydrogens (primary N) is 2. The van der Waals surface area contributed by atoms with Crippen molar-refractivity contribution in [2.45, 2.75) is 19.1 Å². The lowest BCUT2D eigenvalue weighted by molar-refractivity contribution is -0.117. The monoisotopic (exact) mass is 270 g/mol. The molecule has 0 saturated heterocycles. The SMILES string of the molecule is NCc1ccc(C(O)c2ccc(CC(N)=O)cc2)cc1. The average molecular weight is 270 g/mol. The van der Waals surface area contributed by atoms with Crippen molar-refractivity contribution >= 4 is 5.91 Å². The number of benzene rings is 2. The smallest absolute Gasteiger partial charge is 0.221 e. The van der Waals surface area contributed by atoms with Gasteiger partial charge in [-0.1, -0.05) is 48.5 Å². The molecular formula is C16H18N2O2. The van der Waals surface area contributed by atoms with Gasteiger partial charge in [-0.25, -0.2) is 0 Å². The van der Waals surface area contributed by atoms with E-state index >= 15 is 0 Å². The highest BCUT2D eigenvalue weighted by atomic mass is 16.3. The number of hydrogen-bond donors (Lipinski definition) is 3. The lowest BCUT2D eigenvalue weighted by Crippen LogP contribution is -2.13. The second-order valence-electron chi connectivity index (χ2n) is 4.73. The predicted octanol–water partition coefficient (Wildman–Crippen LogP) is 1.25. The van der Waals surface area contributed by atoms with Crippen LogP contribution in [-0.4, -0.2) is 11.0 Å². The summed E-state index contributed by atoms with van der Waals surface area (Å²) in [7, 11) is 0. The van der Waals surface area contributed by atoms with Crippen LogP contribution >= 0.6 is 0 Å². The first-order valence-corrected chi connectivity index (χ1v) is 6.44. The van der Waals surface area contributed by atoms with Crippen LogP contribution in [0.1, 0.15) is 28.4 Å². The Kier molecular flexibility index (Phi) is 4.50. The molecule has 4 nitrogen and oxygen atoms in total. The highest BCUT2D eigenvalue weighted by Crippen LogP contribution is 2.22. The molecule has 104 valence electrons. The van der Waals surface area contributed by atoms with Crippen LogP contribution in [0.25, 0.3) is 0 Å². The number of hydrogen-bond acceptors (Lipinski definition) is 3. The summed E-state index contributed by atoms with van der Waals surface area (Å²) in [5.41, 5.74) is 14.1. The maximum atomic E-state index is 10.8. The highest BCUT2D eigenvalue weighted by Gasteiger charge is 2.10. The number of rotatable bonds is 5. The van der Waals surface area contributed by atoms with E-state index in [1.165, 1.54) is 0 Å². The zero-order chi connectivity index (χ0) is 14.5. The molecule has 0 spiro atoms. The van der Waals surface area contributed by atoms with Gasteiger partial charge >= 0.3 is 0 Å². The van der Waals surface area contributed by atoms with Crippen LogP contribution < -0.4 is 11.5 Å². The highest BCUT2D eigenvalue weighted by molar-refractivity contribution is 5.76. The molecule has 0 aromatic heterocycles. The zero-order valence-corrected chi connectivity index (χ0v) is 11.1. The van der Waals surface area contributed by atoms with Crippen molar-refractivity contribution in [2.24, 2.45) is 11.5 Å². The quantitative estimate of drug-likeness (QED) is 0.764. The largest absolute Gasteiger partial charge is 0.384 e. The molecule has 0 aliphatic heterocycles. The Hall–Kier alpha value is -2.17. The van der Waals surface area contributed by atoms with Crippen molar-refractivity contribution in [3.05, 3.63) is 70.8 Å². The van der Waals surface area contributed by atoms with Crippen molar-refractivity contribution in [1.29, 1.82) is 0 Å². The first-order chi connectivity index (χ1) is 9.60.